The molecule has 1 aliphatic rings. The van der Waals surface area contributed by atoms with E-state index in [9.17, 15) is 28.0 Å². The Balaban J connectivity index is 2.50. The van der Waals surface area contributed by atoms with Gasteiger partial charge in [0.1, 0.15) is 32.3 Å². The predicted octanol–water partition coefficient (Wildman–Crippen LogP) is -0.146. The van der Waals surface area contributed by atoms with Crippen molar-refractivity contribution in [3.05, 3.63) is 33.1 Å². The van der Waals surface area contributed by atoms with Crippen molar-refractivity contribution in [1.82, 2.24) is 9.55 Å². The molecule has 0 unspecified atom stereocenters. The van der Waals surface area contributed by atoms with Gasteiger partial charge in [0.25, 0.3) is 5.56 Å². The van der Waals surface area contributed by atoms with Crippen LogP contribution in [0.2, 0.25) is 0 Å². The standard InChI is InChI=1S/C15H18F2N2O7/c1-8(20)24-7-15(6-17)12(25-9(2)21)10(5-16)13(26-15)19-4-3-11(22)18-14(19)23/h3-4,10,12-13H,5-7H2,1-2H3,(H,18,22,23)/t10-,12-,13+,15+/m0/s1. The Kier molecular flexibility index (Phi) is 5.90. The maximum absolute atomic E-state index is 13.9. The SMILES string of the molecule is CC(=O)OC[C@@]1(CF)O[C@@H](n2ccc(=O)[nH]c2=O)[C@@H](CF)[C@@H]1OC(C)=O. The van der Waals surface area contributed by atoms with E-state index in [0.717, 1.165) is 30.7 Å². The number of esters is 2. The van der Waals surface area contributed by atoms with Gasteiger partial charge in [-0.2, -0.15) is 0 Å². The van der Waals surface area contributed by atoms with Crippen molar-refractivity contribution in [2.75, 3.05) is 20.0 Å². The summed E-state index contributed by atoms with van der Waals surface area (Å²) in [5.74, 6) is -2.84. The highest BCUT2D eigenvalue weighted by molar-refractivity contribution is 5.67. The lowest BCUT2D eigenvalue weighted by molar-refractivity contribution is -0.179. The van der Waals surface area contributed by atoms with Crippen LogP contribution >= 0.6 is 0 Å². The van der Waals surface area contributed by atoms with Gasteiger partial charge in [0.05, 0.1) is 5.92 Å². The van der Waals surface area contributed by atoms with Gasteiger partial charge in [0, 0.05) is 26.1 Å². The lowest BCUT2D eigenvalue weighted by atomic mass is 9.91. The summed E-state index contributed by atoms with van der Waals surface area (Å²) in [7, 11) is 0. The maximum Gasteiger partial charge on any atom is 0.330 e. The zero-order valence-electron chi connectivity index (χ0n) is 14.1. The van der Waals surface area contributed by atoms with E-state index in [4.69, 9.17) is 14.2 Å². The zero-order chi connectivity index (χ0) is 19.5. The molecule has 0 radical (unpaired) electrons. The molecule has 9 nitrogen and oxygen atoms in total. The number of carbonyl (C=O) groups excluding carboxylic acids is 2. The van der Waals surface area contributed by atoms with Crippen molar-refractivity contribution < 1.29 is 32.6 Å². The van der Waals surface area contributed by atoms with Crippen LogP contribution in [0.5, 0.6) is 0 Å². The minimum Gasteiger partial charge on any atom is -0.463 e. The molecule has 0 saturated carbocycles. The minimum atomic E-state index is -1.99. The van der Waals surface area contributed by atoms with Crippen LogP contribution in [0.25, 0.3) is 0 Å². The molecule has 0 spiro atoms. The molecule has 1 aromatic heterocycles. The van der Waals surface area contributed by atoms with E-state index in [-0.39, 0.29) is 0 Å². The number of carbonyl (C=O) groups is 2. The summed E-state index contributed by atoms with van der Waals surface area (Å²) in [4.78, 5) is 47.7. The van der Waals surface area contributed by atoms with Crippen LogP contribution < -0.4 is 11.2 Å². The van der Waals surface area contributed by atoms with E-state index < -0.39 is 67.0 Å². The number of alkyl halides is 2. The molecule has 4 atom stereocenters. The molecule has 2 heterocycles. The van der Waals surface area contributed by atoms with E-state index in [1.54, 1.807) is 0 Å². The average Bonchev–Trinajstić information content (AvgIpc) is 2.86. The molecule has 26 heavy (non-hydrogen) atoms. The van der Waals surface area contributed by atoms with Gasteiger partial charge in [-0.25, -0.2) is 9.18 Å². The van der Waals surface area contributed by atoms with E-state index in [1.165, 1.54) is 0 Å². The molecular weight excluding hydrogens is 358 g/mol. The highest BCUT2D eigenvalue weighted by atomic mass is 19.1. The van der Waals surface area contributed by atoms with Crippen LogP contribution in [0.1, 0.15) is 20.1 Å². The fourth-order valence-corrected chi connectivity index (χ4v) is 2.84. The molecule has 0 amide bonds. The molecule has 1 saturated heterocycles. The second-order valence-corrected chi connectivity index (χ2v) is 5.85. The van der Waals surface area contributed by atoms with Gasteiger partial charge in [0.15, 0.2) is 5.60 Å². The monoisotopic (exact) mass is 376 g/mol. The van der Waals surface area contributed by atoms with Crippen LogP contribution in [-0.4, -0.2) is 53.2 Å². The Morgan fingerprint density at radius 1 is 1.31 bits per heavy atom. The molecule has 0 aromatic carbocycles. The van der Waals surface area contributed by atoms with Gasteiger partial charge in [-0.05, 0) is 0 Å². The Morgan fingerprint density at radius 3 is 2.50 bits per heavy atom. The van der Waals surface area contributed by atoms with Crippen LogP contribution in [-0.2, 0) is 23.8 Å². The summed E-state index contributed by atoms with van der Waals surface area (Å²) >= 11 is 0. The third-order valence-electron chi connectivity index (χ3n) is 3.97. The van der Waals surface area contributed by atoms with E-state index in [2.05, 4.69) is 0 Å². The van der Waals surface area contributed by atoms with Crippen molar-refractivity contribution >= 4 is 11.9 Å². The summed E-state index contributed by atoms with van der Waals surface area (Å²) in [6.07, 6.45) is -1.79. The van der Waals surface area contributed by atoms with Gasteiger partial charge in [-0.3, -0.25) is 28.3 Å². The Bertz CT molecular complexity index is 793. The molecule has 1 fully saturated rings. The minimum absolute atomic E-state index is 0.651. The van der Waals surface area contributed by atoms with Crippen molar-refractivity contribution in [1.29, 1.82) is 0 Å². The van der Waals surface area contributed by atoms with E-state index in [0.29, 0.717) is 0 Å². The van der Waals surface area contributed by atoms with Crippen LogP contribution in [0.4, 0.5) is 8.78 Å². The van der Waals surface area contributed by atoms with Crippen LogP contribution in [0.3, 0.4) is 0 Å². The van der Waals surface area contributed by atoms with E-state index in [1.807, 2.05) is 4.98 Å². The molecule has 1 aromatic rings. The largest absolute Gasteiger partial charge is 0.463 e. The number of aromatic amines is 1. The lowest BCUT2D eigenvalue weighted by Gasteiger charge is -2.31. The highest BCUT2D eigenvalue weighted by Crippen LogP contribution is 2.43. The lowest BCUT2D eigenvalue weighted by Crippen LogP contribution is -2.50. The molecule has 1 N–H and O–H groups in total. The van der Waals surface area contributed by atoms with Crippen molar-refractivity contribution in [3.8, 4) is 0 Å². The highest BCUT2D eigenvalue weighted by Gasteiger charge is 2.59. The summed E-state index contributed by atoms with van der Waals surface area (Å²) < 4.78 is 43.9. The Hall–Kier alpha value is -2.56. The van der Waals surface area contributed by atoms with Crippen molar-refractivity contribution in [2.24, 2.45) is 5.92 Å². The van der Waals surface area contributed by atoms with Gasteiger partial charge < -0.3 is 14.2 Å². The second kappa shape index (κ2) is 7.77. The molecule has 144 valence electrons. The third kappa shape index (κ3) is 3.82. The van der Waals surface area contributed by atoms with Gasteiger partial charge >= 0.3 is 17.6 Å². The maximum atomic E-state index is 13.9. The summed E-state index contributed by atoms with van der Waals surface area (Å²) in [6, 6.07) is 1.00. The number of rotatable bonds is 6. The number of aromatic nitrogens is 2. The number of nitrogens with one attached hydrogen (secondary N) is 1. The number of hydrogen-bond donors (Lipinski definition) is 1. The number of halogens is 2. The predicted molar refractivity (Wildman–Crippen MR) is 81.8 cm³/mol. The van der Waals surface area contributed by atoms with Gasteiger partial charge in [-0.15, -0.1) is 0 Å². The fraction of sp³-hybridized carbons (Fsp3) is 0.600. The second-order valence-electron chi connectivity index (χ2n) is 5.85. The van der Waals surface area contributed by atoms with Gasteiger partial charge in [0.2, 0.25) is 0 Å². The molecule has 2 rings (SSSR count). The molecule has 0 aliphatic carbocycles. The van der Waals surface area contributed by atoms with E-state index >= 15 is 0 Å². The molecular formula is C15H18F2N2O7. The first-order valence-corrected chi connectivity index (χ1v) is 7.66. The number of nitrogens with zero attached hydrogens (tertiary/aromatic N) is 1. The Labute approximate surface area is 145 Å². The van der Waals surface area contributed by atoms with Crippen LogP contribution in [0, 0.1) is 5.92 Å². The smallest absolute Gasteiger partial charge is 0.330 e. The number of hydrogen-bond acceptors (Lipinski definition) is 7. The number of H-pyrrole nitrogens is 1. The first kappa shape index (κ1) is 19.8. The molecule has 1 aliphatic heterocycles. The fourth-order valence-electron chi connectivity index (χ4n) is 2.84. The average molecular weight is 376 g/mol. The normalized spacial score (nSPS) is 27.9. The van der Waals surface area contributed by atoms with Crippen LogP contribution in [0.15, 0.2) is 21.9 Å². The molecule has 0 bridgehead atoms. The van der Waals surface area contributed by atoms with Gasteiger partial charge in [-0.1, -0.05) is 0 Å². The number of ether oxygens (including phenoxy) is 3. The summed E-state index contributed by atoms with van der Waals surface area (Å²) in [6.45, 7) is -0.927. The first-order chi connectivity index (χ1) is 12.2. The summed E-state index contributed by atoms with van der Waals surface area (Å²) in [5, 5.41) is 0. The molecule has 11 heteroatoms. The quantitative estimate of drug-likeness (QED) is 0.687. The first-order valence-electron chi connectivity index (χ1n) is 7.66. The van der Waals surface area contributed by atoms with Crippen molar-refractivity contribution in [2.45, 2.75) is 31.8 Å². The summed E-state index contributed by atoms with van der Waals surface area (Å²) in [5.41, 5.74) is -3.59. The van der Waals surface area contributed by atoms with Crippen molar-refractivity contribution in [3.63, 3.8) is 0 Å². The zero-order valence-corrected chi connectivity index (χ0v) is 14.1. The topological polar surface area (TPSA) is 117 Å². The third-order valence-corrected chi connectivity index (χ3v) is 3.97. The Morgan fingerprint density at radius 2 is 2.00 bits per heavy atom.